The standard InChI is InChI=1S/C15H29NO3/c1-14(2)12(17)9-11-16(15(14,3)4)10-7-5-6-8-13(18)19/h12,17H,5-11H2,1-4H3,(H,18,19). The number of nitrogens with zero attached hydrogens (tertiary/aromatic N) is 1. The predicted octanol–water partition coefficient (Wildman–Crippen LogP) is 2.50. The quantitative estimate of drug-likeness (QED) is 0.729. The Morgan fingerprint density at radius 1 is 1.21 bits per heavy atom. The molecule has 1 atom stereocenters. The van der Waals surface area contributed by atoms with Gasteiger partial charge in [0.2, 0.25) is 0 Å². The van der Waals surface area contributed by atoms with Crippen LogP contribution in [0.15, 0.2) is 0 Å². The zero-order chi connectivity index (χ0) is 14.7. The molecule has 1 aliphatic rings. The average molecular weight is 271 g/mol. The zero-order valence-electron chi connectivity index (χ0n) is 12.8. The van der Waals surface area contributed by atoms with Gasteiger partial charge in [-0.3, -0.25) is 9.69 Å². The number of piperidine rings is 1. The minimum atomic E-state index is -0.706. The number of aliphatic hydroxyl groups is 1. The van der Waals surface area contributed by atoms with Crippen LogP contribution in [-0.4, -0.2) is 45.8 Å². The minimum Gasteiger partial charge on any atom is -0.481 e. The topological polar surface area (TPSA) is 60.8 Å². The Kier molecular flexibility index (Phi) is 5.39. The van der Waals surface area contributed by atoms with E-state index >= 15 is 0 Å². The van der Waals surface area contributed by atoms with Gasteiger partial charge in [-0.25, -0.2) is 0 Å². The fraction of sp³-hybridized carbons (Fsp3) is 0.933. The number of carbonyl (C=O) groups is 1. The first-order chi connectivity index (χ1) is 8.69. The molecule has 2 N–H and O–H groups in total. The Labute approximate surface area is 116 Å². The largest absolute Gasteiger partial charge is 0.481 e. The summed E-state index contributed by atoms with van der Waals surface area (Å²) in [7, 11) is 0. The number of carboxylic acid groups (broad SMARTS) is 1. The molecule has 1 unspecified atom stereocenters. The van der Waals surface area contributed by atoms with E-state index in [2.05, 4.69) is 32.6 Å². The molecule has 0 radical (unpaired) electrons. The van der Waals surface area contributed by atoms with Crippen molar-refractivity contribution >= 4 is 5.97 Å². The van der Waals surface area contributed by atoms with Crippen molar-refractivity contribution in [3.8, 4) is 0 Å². The third-order valence-electron chi connectivity index (χ3n) is 5.19. The van der Waals surface area contributed by atoms with Crippen molar-refractivity contribution in [2.45, 2.75) is 71.4 Å². The van der Waals surface area contributed by atoms with Crippen LogP contribution in [0.2, 0.25) is 0 Å². The molecule has 1 saturated heterocycles. The van der Waals surface area contributed by atoms with Crippen LogP contribution in [0.4, 0.5) is 0 Å². The fourth-order valence-corrected chi connectivity index (χ4v) is 2.88. The number of likely N-dealkylation sites (tertiary alicyclic amines) is 1. The van der Waals surface area contributed by atoms with Crippen LogP contribution in [-0.2, 0) is 4.79 Å². The van der Waals surface area contributed by atoms with E-state index in [9.17, 15) is 9.90 Å². The summed E-state index contributed by atoms with van der Waals surface area (Å²) in [5.41, 5.74) is -0.149. The van der Waals surface area contributed by atoms with Crippen LogP contribution < -0.4 is 0 Å². The molecule has 0 bridgehead atoms. The average Bonchev–Trinajstić information content (AvgIpc) is 2.29. The van der Waals surface area contributed by atoms with Crippen LogP contribution in [0.1, 0.15) is 59.8 Å². The first kappa shape index (κ1) is 16.4. The molecule has 4 nitrogen and oxygen atoms in total. The summed E-state index contributed by atoms with van der Waals surface area (Å²) in [6, 6.07) is 0. The minimum absolute atomic E-state index is 0.0303. The monoisotopic (exact) mass is 271 g/mol. The van der Waals surface area contributed by atoms with Gasteiger partial charge in [0.25, 0.3) is 0 Å². The Bertz CT molecular complexity index is 313. The lowest BCUT2D eigenvalue weighted by Crippen LogP contribution is -2.63. The van der Waals surface area contributed by atoms with Gasteiger partial charge in [0, 0.05) is 23.9 Å². The molecule has 1 rings (SSSR count). The maximum atomic E-state index is 10.5. The number of unbranched alkanes of at least 4 members (excludes halogenated alkanes) is 2. The SMILES string of the molecule is CC1(C)C(O)CCN(CCCCCC(=O)O)C1(C)C. The van der Waals surface area contributed by atoms with E-state index in [1.54, 1.807) is 0 Å². The summed E-state index contributed by atoms with van der Waals surface area (Å²) in [6.45, 7) is 10.6. The van der Waals surface area contributed by atoms with E-state index in [1.807, 2.05) is 0 Å². The van der Waals surface area contributed by atoms with E-state index in [0.29, 0.717) is 0 Å². The van der Waals surface area contributed by atoms with E-state index < -0.39 is 5.97 Å². The summed E-state index contributed by atoms with van der Waals surface area (Å²) < 4.78 is 0. The van der Waals surface area contributed by atoms with Crippen molar-refractivity contribution in [2.24, 2.45) is 5.41 Å². The number of rotatable bonds is 6. The summed E-state index contributed by atoms with van der Waals surface area (Å²) in [4.78, 5) is 12.9. The maximum absolute atomic E-state index is 10.5. The predicted molar refractivity (Wildman–Crippen MR) is 76.2 cm³/mol. The Morgan fingerprint density at radius 2 is 1.84 bits per heavy atom. The third kappa shape index (κ3) is 3.69. The lowest BCUT2D eigenvalue weighted by molar-refractivity contribution is -0.137. The highest BCUT2D eigenvalue weighted by molar-refractivity contribution is 5.66. The summed E-state index contributed by atoms with van der Waals surface area (Å²) >= 11 is 0. The number of aliphatic hydroxyl groups excluding tert-OH is 1. The van der Waals surface area contributed by atoms with Gasteiger partial charge < -0.3 is 10.2 Å². The second-order valence-electron chi connectivity index (χ2n) is 6.78. The lowest BCUT2D eigenvalue weighted by Gasteiger charge is -2.55. The third-order valence-corrected chi connectivity index (χ3v) is 5.19. The molecule has 19 heavy (non-hydrogen) atoms. The van der Waals surface area contributed by atoms with Crippen LogP contribution in [0.25, 0.3) is 0 Å². The molecule has 0 aliphatic carbocycles. The van der Waals surface area contributed by atoms with E-state index in [1.165, 1.54) is 0 Å². The van der Waals surface area contributed by atoms with Crippen molar-refractivity contribution in [3.05, 3.63) is 0 Å². The maximum Gasteiger partial charge on any atom is 0.303 e. The van der Waals surface area contributed by atoms with Gasteiger partial charge in [0.15, 0.2) is 0 Å². The Morgan fingerprint density at radius 3 is 2.42 bits per heavy atom. The Balaban J connectivity index is 2.44. The molecule has 0 aromatic heterocycles. The highest BCUT2D eigenvalue weighted by Crippen LogP contribution is 2.43. The van der Waals surface area contributed by atoms with Gasteiger partial charge in [-0.2, -0.15) is 0 Å². The van der Waals surface area contributed by atoms with Gasteiger partial charge in [0.1, 0.15) is 0 Å². The molecule has 0 saturated carbocycles. The summed E-state index contributed by atoms with van der Waals surface area (Å²) in [5.74, 6) is -0.706. The van der Waals surface area contributed by atoms with Gasteiger partial charge >= 0.3 is 5.97 Å². The number of carboxylic acids is 1. The van der Waals surface area contributed by atoms with E-state index in [0.717, 1.165) is 38.8 Å². The molecule has 0 spiro atoms. The summed E-state index contributed by atoms with van der Waals surface area (Å²) in [5, 5.41) is 18.8. The van der Waals surface area contributed by atoms with Gasteiger partial charge in [-0.05, 0) is 39.7 Å². The molecular formula is C15H29NO3. The zero-order valence-corrected chi connectivity index (χ0v) is 12.8. The number of hydrogen-bond donors (Lipinski definition) is 2. The molecule has 0 amide bonds. The normalized spacial score (nSPS) is 26.3. The molecule has 1 heterocycles. The smallest absolute Gasteiger partial charge is 0.303 e. The number of hydrogen-bond acceptors (Lipinski definition) is 3. The summed E-state index contributed by atoms with van der Waals surface area (Å²) in [6.07, 6.45) is 3.60. The van der Waals surface area contributed by atoms with Crippen molar-refractivity contribution in [1.29, 1.82) is 0 Å². The highest BCUT2D eigenvalue weighted by atomic mass is 16.4. The molecule has 1 aliphatic heterocycles. The highest BCUT2D eigenvalue weighted by Gasteiger charge is 2.49. The van der Waals surface area contributed by atoms with Crippen LogP contribution in [0, 0.1) is 5.41 Å². The van der Waals surface area contributed by atoms with Gasteiger partial charge in [-0.1, -0.05) is 20.3 Å². The molecule has 0 aromatic carbocycles. The van der Waals surface area contributed by atoms with E-state index in [4.69, 9.17) is 5.11 Å². The van der Waals surface area contributed by atoms with Crippen molar-refractivity contribution in [3.63, 3.8) is 0 Å². The molecule has 4 heteroatoms. The number of aliphatic carboxylic acids is 1. The first-order valence-corrected chi connectivity index (χ1v) is 7.34. The van der Waals surface area contributed by atoms with Crippen molar-refractivity contribution < 1.29 is 15.0 Å². The van der Waals surface area contributed by atoms with Crippen molar-refractivity contribution in [2.75, 3.05) is 13.1 Å². The van der Waals surface area contributed by atoms with E-state index in [-0.39, 0.29) is 23.5 Å². The Hall–Kier alpha value is -0.610. The second kappa shape index (κ2) is 6.23. The lowest BCUT2D eigenvalue weighted by atomic mass is 9.66. The van der Waals surface area contributed by atoms with Crippen molar-refractivity contribution in [1.82, 2.24) is 4.90 Å². The molecule has 112 valence electrons. The van der Waals surface area contributed by atoms with Gasteiger partial charge in [-0.15, -0.1) is 0 Å². The second-order valence-corrected chi connectivity index (χ2v) is 6.78. The molecular weight excluding hydrogens is 242 g/mol. The fourth-order valence-electron chi connectivity index (χ4n) is 2.88. The first-order valence-electron chi connectivity index (χ1n) is 7.34. The van der Waals surface area contributed by atoms with Crippen LogP contribution >= 0.6 is 0 Å². The van der Waals surface area contributed by atoms with Crippen LogP contribution in [0.3, 0.4) is 0 Å². The van der Waals surface area contributed by atoms with Crippen LogP contribution in [0.5, 0.6) is 0 Å². The van der Waals surface area contributed by atoms with Gasteiger partial charge in [0.05, 0.1) is 6.10 Å². The molecule has 1 fully saturated rings. The molecule has 0 aromatic rings.